The fourth-order valence-corrected chi connectivity index (χ4v) is 1.58. The van der Waals surface area contributed by atoms with Crippen LogP contribution in [0.2, 0.25) is 0 Å². The molecule has 1 atom stereocenters. The molecule has 0 bridgehead atoms. The second-order valence-electron chi connectivity index (χ2n) is 3.76. The Bertz CT molecular complexity index is 352. The van der Waals surface area contributed by atoms with E-state index in [1.165, 1.54) is 6.07 Å². The van der Waals surface area contributed by atoms with Crippen molar-refractivity contribution >= 4 is 5.69 Å². The summed E-state index contributed by atoms with van der Waals surface area (Å²) >= 11 is 0. The molecule has 90 valence electrons. The molecule has 1 N–H and O–H groups in total. The fraction of sp³-hybridized carbons (Fsp3) is 0.500. The van der Waals surface area contributed by atoms with E-state index in [0.29, 0.717) is 0 Å². The molecule has 1 aromatic carbocycles. The van der Waals surface area contributed by atoms with Crippen molar-refractivity contribution in [3.05, 3.63) is 29.6 Å². The normalized spacial score (nSPS) is 12.6. The summed E-state index contributed by atoms with van der Waals surface area (Å²) < 4.78 is 38.9. The Morgan fingerprint density at radius 3 is 2.38 bits per heavy atom. The molecule has 1 aromatic rings. The summed E-state index contributed by atoms with van der Waals surface area (Å²) in [5, 5.41) is 2.88. The minimum Gasteiger partial charge on any atom is -0.380 e. The van der Waals surface area contributed by atoms with Gasteiger partial charge in [-0.25, -0.2) is 13.2 Å². The van der Waals surface area contributed by atoms with Crippen molar-refractivity contribution in [2.45, 2.75) is 39.2 Å². The monoisotopic (exact) mass is 231 g/mol. The zero-order chi connectivity index (χ0) is 12.1. The van der Waals surface area contributed by atoms with Crippen LogP contribution in [0.5, 0.6) is 0 Å². The first-order valence-corrected chi connectivity index (χ1v) is 5.50. The van der Waals surface area contributed by atoms with Crippen LogP contribution in [0.3, 0.4) is 0 Å². The van der Waals surface area contributed by atoms with E-state index in [2.05, 4.69) is 5.32 Å². The lowest BCUT2D eigenvalue weighted by molar-refractivity contribution is 0.447. The Hall–Kier alpha value is -1.19. The Morgan fingerprint density at radius 1 is 1.12 bits per heavy atom. The highest BCUT2D eigenvalue weighted by Crippen LogP contribution is 2.21. The molecule has 0 aliphatic heterocycles. The SMILES string of the molecule is CCCC(CC)Nc1ccc(F)c(F)c1F. The van der Waals surface area contributed by atoms with E-state index in [0.717, 1.165) is 25.3 Å². The second kappa shape index (κ2) is 5.77. The Labute approximate surface area is 93.7 Å². The van der Waals surface area contributed by atoms with Gasteiger partial charge in [0.1, 0.15) is 0 Å². The molecule has 1 unspecified atom stereocenters. The number of benzene rings is 1. The minimum absolute atomic E-state index is 0.0270. The molecule has 16 heavy (non-hydrogen) atoms. The van der Waals surface area contributed by atoms with Gasteiger partial charge < -0.3 is 5.32 Å². The van der Waals surface area contributed by atoms with Gasteiger partial charge in [-0.3, -0.25) is 0 Å². The lowest BCUT2D eigenvalue weighted by Gasteiger charge is -2.18. The Kier molecular flexibility index (Phi) is 4.65. The van der Waals surface area contributed by atoms with Gasteiger partial charge in [-0.05, 0) is 25.0 Å². The maximum absolute atomic E-state index is 13.3. The van der Waals surface area contributed by atoms with Crippen LogP contribution in [0.25, 0.3) is 0 Å². The van der Waals surface area contributed by atoms with Crippen LogP contribution in [-0.4, -0.2) is 6.04 Å². The van der Waals surface area contributed by atoms with E-state index in [9.17, 15) is 13.2 Å². The highest BCUT2D eigenvalue weighted by Gasteiger charge is 2.15. The Morgan fingerprint density at radius 2 is 1.81 bits per heavy atom. The lowest BCUT2D eigenvalue weighted by atomic mass is 10.1. The lowest BCUT2D eigenvalue weighted by Crippen LogP contribution is -2.19. The van der Waals surface area contributed by atoms with Gasteiger partial charge in [-0.2, -0.15) is 0 Å². The number of nitrogens with one attached hydrogen (secondary N) is 1. The predicted molar refractivity (Wildman–Crippen MR) is 58.9 cm³/mol. The number of hydrogen-bond donors (Lipinski definition) is 1. The molecule has 0 aliphatic rings. The summed E-state index contributed by atoms with van der Waals surface area (Å²) in [6, 6.07) is 2.25. The van der Waals surface area contributed by atoms with Crippen molar-refractivity contribution in [1.82, 2.24) is 0 Å². The maximum atomic E-state index is 13.3. The largest absolute Gasteiger partial charge is 0.380 e. The third-order valence-electron chi connectivity index (χ3n) is 2.52. The molecule has 1 nitrogen and oxygen atoms in total. The van der Waals surface area contributed by atoms with Gasteiger partial charge in [0, 0.05) is 6.04 Å². The molecule has 4 heteroatoms. The van der Waals surface area contributed by atoms with Gasteiger partial charge in [0.15, 0.2) is 17.5 Å². The third-order valence-corrected chi connectivity index (χ3v) is 2.52. The van der Waals surface area contributed by atoms with Crippen molar-refractivity contribution in [2.75, 3.05) is 5.32 Å². The summed E-state index contributed by atoms with van der Waals surface area (Å²) in [7, 11) is 0. The summed E-state index contributed by atoms with van der Waals surface area (Å²) in [6.45, 7) is 3.98. The quantitative estimate of drug-likeness (QED) is 0.752. The van der Waals surface area contributed by atoms with Crippen molar-refractivity contribution in [3.63, 3.8) is 0 Å². The van der Waals surface area contributed by atoms with Gasteiger partial charge >= 0.3 is 0 Å². The summed E-state index contributed by atoms with van der Waals surface area (Å²) in [6.07, 6.45) is 2.64. The van der Waals surface area contributed by atoms with Crippen LogP contribution in [0.4, 0.5) is 18.9 Å². The van der Waals surface area contributed by atoms with E-state index in [-0.39, 0.29) is 11.7 Å². The van der Waals surface area contributed by atoms with Crippen LogP contribution in [0, 0.1) is 17.5 Å². The highest BCUT2D eigenvalue weighted by molar-refractivity contribution is 5.46. The van der Waals surface area contributed by atoms with Crippen LogP contribution >= 0.6 is 0 Å². The first kappa shape index (κ1) is 12.9. The summed E-state index contributed by atoms with van der Waals surface area (Å²) in [5.41, 5.74) is 0.0270. The average molecular weight is 231 g/mol. The van der Waals surface area contributed by atoms with Gasteiger partial charge in [-0.1, -0.05) is 20.3 Å². The molecule has 0 spiro atoms. The first-order valence-electron chi connectivity index (χ1n) is 5.50. The molecule has 0 fully saturated rings. The number of halogens is 3. The van der Waals surface area contributed by atoms with Gasteiger partial charge in [0.05, 0.1) is 5.69 Å². The molecular formula is C12H16F3N. The molecule has 0 saturated heterocycles. The number of anilines is 1. The molecular weight excluding hydrogens is 215 g/mol. The maximum Gasteiger partial charge on any atom is 0.196 e. The van der Waals surface area contributed by atoms with Crippen molar-refractivity contribution in [2.24, 2.45) is 0 Å². The van der Waals surface area contributed by atoms with Crippen molar-refractivity contribution in [3.8, 4) is 0 Å². The van der Waals surface area contributed by atoms with E-state index >= 15 is 0 Å². The molecule has 0 aliphatic carbocycles. The van der Waals surface area contributed by atoms with Gasteiger partial charge in [0.2, 0.25) is 0 Å². The van der Waals surface area contributed by atoms with Crippen molar-refractivity contribution < 1.29 is 13.2 Å². The third kappa shape index (κ3) is 2.90. The summed E-state index contributed by atoms with van der Waals surface area (Å²) in [5.74, 6) is -3.72. The van der Waals surface area contributed by atoms with E-state index < -0.39 is 17.5 Å². The van der Waals surface area contributed by atoms with E-state index in [1.807, 2.05) is 13.8 Å². The predicted octanol–water partition coefficient (Wildman–Crippen LogP) is 4.09. The zero-order valence-corrected chi connectivity index (χ0v) is 9.49. The second-order valence-corrected chi connectivity index (χ2v) is 3.76. The van der Waals surface area contributed by atoms with Crippen LogP contribution < -0.4 is 5.32 Å². The topological polar surface area (TPSA) is 12.0 Å². The van der Waals surface area contributed by atoms with E-state index in [1.54, 1.807) is 0 Å². The number of rotatable bonds is 5. The molecule has 0 aromatic heterocycles. The average Bonchev–Trinajstić information content (AvgIpc) is 2.29. The van der Waals surface area contributed by atoms with Crippen LogP contribution in [0.1, 0.15) is 33.1 Å². The van der Waals surface area contributed by atoms with E-state index in [4.69, 9.17) is 0 Å². The smallest absolute Gasteiger partial charge is 0.196 e. The molecule has 1 rings (SSSR count). The molecule has 0 saturated carbocycles. The van der Waals surface area contributed by atoms with Crippen LogP contribution in [0.15, 0.2) is 12.1 Å². The summed E-state index contributed by atoms with van der Waals surface area (Å²) in [4.78, 5) is 0. The highest BCUT2D eigenvalue weighted by atomic mass is 19.2. The van der Waals surface area contributed by atoms with Crippen LogP contribution in [-0.2, 0) is 0 Å². The Balaban J connectivity index is 2.84. The molecule has 0 radical (unpaired) electrons. The van der Waals surface area contributed by atoms with Crippen molar-refractivity contribution in [1.29, 1.82) is 0 Å². The first-order chi connectivity index (χ1) is 7.60. The molecule has 0 heterocycles. The van der Waals surface area contributed by atoms with Gasteiger partial charge in [0.25, 0.3) is 0 Å². The molecule has 0 amide bonds. The standard InChI is InChI=1S/C12H16F3N/c1-3-5-8(4-2)16-10-7-6-9(13)11(14)12(10)15/h6-8,16H,3-5H2,1-2H3. The van der Waals surface area contributed by atoms with Gasteiger partial charge in [-0.15, -0.1) is 0 Å². The minimum atomic E-state index is -1.42. The zero-order valence-electron chi connectivity index (χ0n) is 9.49. The number of hydrogen-bond acceptors (Lipinski definition) is 1. The fourth-order valence-electron chi connectivity index (χ4n) is 1.58.